The molecule has 1 aromatic carbocycles. The number of nitrogens with zero attached hydrogens (tertiary/aromatic N) is 1. The fourth-order valence-electron chi connectivity index (χ4n) is 2.08. The molecule has 98 valence electrons. The Kier molecular flexibility index (Phi) is 4.12. The third-order valence-electron chi connectivity index (χ3n) is 3.18. The van der Waals surface area contributed by atoms with Gasteiger partial charge in [-0.3, -0.25) is 4.79 Å². The molecule has 2 rings (SSSR count). The van der Waals surface area contributed by atoms with Gasteiger partial charge in [0.25, 0.3) is 0 Å². The van der Waals surface area contributed by atoms with E-state index in [0.717, 1.165) is 29.5 Å². The summed E-state index contributed by atoms with van der Waals surface area (Å²) in [7, 11) is 0. The number of nitrogens with one attached hydrogen (secondary N) is 1. The van der Waals surface area contributed by atoms with Crippen molar-refractivity contribution in [3.63, 3.8) is 0 Å². The molecule has 0 atom stereocenters. The molecule has 0 radical (unpaired) electrons. The molecule has 0 aliphatic carbocycles. The SMILES string of the molecule is CC(C)C(=O)Nc1ccc(Cl)c(N2CCCC2)c1. The van der Waals surface area contributed by atoms with Gasteiger partial charge in [-0.15, -0.1) is 0 Å². The van der Waals surface area contributed by atoms with Gasteiger partial charge in [-0.05, 0) is 31.0 Å². The highest BCUT2D eigenvalue weighted by molar-refractivity contribution is 6.33. The van der Waals surface area contributed by atoms with Gasteiger partial charge in [0.2, 0.25) is 5.91 Å². The van der Waals surface area contributed by atoms with Crippen molar-refractivity contribution in [2.75, 3.05) is 23.3 Å². The zero-order chi connectivity index (χ0) is 13.1. The lowest BCUT2D eigenvalue weighted by Gasteiger charge is -2.20. The lowest BCUT2D eigenvalue weighted by atomic mass is 10.2. The molecule has 0 unspecified atom stereocenters. The van der Waals surface area contributed by atoms with Crippen LogP contribution in [0.15, 0.2) is 18.2 Å². The molecule has 1 fully saturated rings. The Hall–Kier alpha value is -1.22. The number of rotatable bonds is 3. The van der Waals surface area contributed by atoms with Crippen LogP contribution in [0.4, 0.5) is 11.4 Å². The first-order valence-electron chi connectivity index (χ1n) is 6.43. The molecule has 18 heavy (non-hydrogen) atoms. The lowest BCUT2D eigenvalue weighted by Crippen LogP contribution is -2.20. The average molecular weight is 267 g/mol. The monoisotopic (exact) mass is 266 g/mol. The van der Waals surface area contributed by atoms with E-state index in [1.54, 1.807) is 0 Å². The van der Waals surface area contributed by atoms with Crippen molar-refractivity contribution in [1.29, 1.82) is 0 Å². The summed E-state index contributed by atoms with van der Waals surface area (Å²) in [5.41, 5.74) is 1.84. The van der Waals surface area contributed by atoms with E-state index < -0.39 is 0 Å². The van der Waals surface area contributed by atoms with Crippen molar-refractivity contribution in [3.05, 3.63) is 23.2 Å². The summed E-state index contributed by atoms with van der Waals surface area (Å²) in [6, 6.07) is 5.67. The second-order valence-corrected chi connectivity index (χ2v) is 5.41. The molecule has 1 amide bonds. The second-order valence-electron chi connectivity index (χ2n) is 5.00. The van der Waals surface area contributed by atoms with Crippen LogP contribution in [0.2, 0.25) is 5.02 Å². The number of hydrogen-bond acceptors (Lipinski definition) is 2. The lowest BCUT2D eigenvalue weighted by molar-refractivity contribution is -0.118. The molecule has 1 N–H and O–H groups in total. The zero-order valence-corrected chi connectivity index (χ0v) is 11.6. The van der Waals surface area contributed by atoms with Gasteiger partial charge in [0.05, 0.1) is 10.7 Å². The molecule has 0 aromatic heterocycles. The van der Waals surface area contributed by atoms with Crippen LogP contribution in [0, 0.1) is 5.92 Å². The standard InChI is InChI=1S/C14H19ClN2O/c1-10(2)14(18)16-11-5-6-12(15)13(9-11)17-7-3-4-8-17/h5-6,9-10H,3-4,7-8H2,1-2H3,(H,16,18). The maximum Gasteiger partial charge on any atom is 0.226 e. The number of carbonyl (C=O) groups is 1. The van der Waals surface area contributed by atoms with Gasteiger partial charge in [-0.2, -0.15) is 0 Å². The third kappa shape index (κ3) is 2.96. The van der Waals surface area contributed by atoms with Crippen LogP contribution in [0.25, 0.3) is 0 Å². The molecule has 0 spiro atoms. The highest BCUT2D eigenvalue weighted by Gasteiger charge is 2.16. The van der Waals surface area contributed by atoms with Crippen LogP contribution in [0.5, 0.6) is 0 Å². The molecular formula is C14H19ClN2O. The van der Waals surface area contributed by atoms with Crippen molar-refractivity contribution in [1.82, 2.24) is 0 Å². The van der Waals surface area contributed by atoms with Gasteiger partial charge in [0.1, 0.15) is 0 Å². The van der Waals surface area contributed by atoms with Gasteiger partial charge in [-0.1, -0.05) is 25.4 Å². The summed E-state index contributed by atoms with van der Waals surface area (Å²) in [5.74, 6) is 0.0145. The van der Waals surface area contributed by atoms with Gasteiger partial charge < -0.3 is 10.2 Å². The summed E-state index contributed by atoms with van der Waals surface area (Å²) in [5, 5.41) is 3.66. The Morgan fingerprint density at radius 3 is 2.61 bits per heavy atom. The molecule has 0 saturated carbocycles. The first kappa shape index (κ1) is 13.2. The summed E-state index contributed by atoms with van der Waals surface area (Å²) in [6.45, 7) is 5.85. The Balaban J connectivity index is 2.18. The molecule has 1 saturated heterocycles. The number of halogens is 1. The van der Waals surface area contributed by atoms with E-state index in [9.17, 15) is 4.79 Å². The van der Waals surface area contributed by atoms with Crippen LogP contribution in [-0.4, -0.2) is 19.0 Å². The Labute approximate surface area is 113 Å². The van der Waals surface area contributed by atoms with Gasteiger partial charge in [-0.25, -0.2) is 0 Å². The van der Waals surface area contributed by atoms with E-state index in [0.29, 0.717) is 0 Å². The van der Waals surface area contributed by atoms with Crippen LogP contribution < -0.4 is 10.2 Å². The molecule has 1 aliphatic heterocycles. The largest absolute Gasteiger partial charge is 0.370 e. The minimum absolute atomic E-state index is 0.0177. The van der Waals surface area contributed by atoms with Crippen LogP contribution in [0.1, 0.15) is 26.7 Å². The van der Waals surface area contributed by atoms with E-state index in [-0.39, 0.29) is 11.8 Å². The van der Waals surface area contributed by atoms with Crippen LogP contribution in [0.3, 0.4) is 0 Å². The number of anilines is 2. The second kappa shape index (κ2) is 5.61. The molecular weight excluding hydrogens is 248 g/mol. The van der Waals surface area contributed by atoms with E-state index in [2.05, 4.69) is 10.2 Å². The maximum atomic E-state index is 11.7. The van der Waals surface area contributed by atoms with Crippen molar-refractivity contribution in [3.8, 4) is 0 Å². The van der Waals surface area contributed by atoms with Crippen molar-refractivity contribution >= 4 is 28.9 Å². The fraction of sp³-hybridized carbons (Fsp3) is 0.500. The number of benzene rings is 1. The Bertz CT molecular complexity index is 439. The third-order valence-corrected chi connectivity index (χ3v) is 3.50. The molecule has 1 aromatic rings. The van der Waals surface area contributed by atoms with Gasteiger partial charge in [0, 0.05) is 24.7 Å². The average Bonchev–Trinajstić information content (AvgIpc) is 2.85. The molecule has 1 aliphatic rings. The Morgan fingerprint density at radius 1 is 1.33 bits per heavy atom. The topological polar surface area (TPSA) is 32.3 Å². The predicted octanol–water partition coefficient (Wildman–Crippen LogP) is 3.53. The molecule has 4 heteroatoms. The molecule has 1 heterocycles. The zero-order valence-electron chi connectivity index (χ0n) is 10.9. The maximum absolute atomic E-state index is 11.7. The van der Waals surface area contributed by atoms with Crippen LogP contribution >= 0.6 is 11.6 Å². The van der Waals surface area contributed by atoms with E-state index >= 15 is 0 Å². The summed E-state index contributed by atoms with van der Waals surface area (Å²) in [4.78, 5) is 13.9. The summed E-state index contributed by atoms with van der Waals surface area (Å²) in [6.07, 6.45) is 2.41. The number of carbonyl (C=O) groups excluding carboxylic acids is 1. The van der Waals surface area contributed by atoms with E-state index in [4.69, 9.17) is 11.6 Å². The number of hydrogen-bond donors (Lipinski definition) is 1. The summed E-state index contributed by atoms with van der Waals surface area (Å²) >= 11 is 6.22. The van der Waals surface area contributed by atoms with Gasteiger partial charge in [0.15, 0.2) is 0 Å². The van der Waals surface area contributed by atoms with E-state index in [1.165, 1.54) is 12.8 Å². The quantitative estimate of drug-likeness (QED) is 0.908. The Morgan fingerprint density at radius 2 is 2.00 bits per heavy atom. The normalized spacial score (nSPS) is 15.2. The van der Waals surface area contributed by atoms with Crippen LogP contribution in [-0.2, 0) is 4.79 Å². The van der Waals surface area contributed by atoms with Crippen molar-refractivity contribution in [2.24, 2.45) is 5.92 Å². The molecule has 0 bridgehead atoms. The first-order valence-corrected chi connectivity index (χ1v) is 6.81. The summed E-state index contributed by atoms with van der Waals surface area (Å²) < 4.78 is 0. The first-order chi connectivity index (χ1) is 8.58. The minimum Gasteiger partial charge on any atom is -0.370 e. The number of amides is 1. The predicted molar refractivity (Wildman–Crippen MR) is 76.4 cm³/mol. The highest BCUT2D eigenvalue weighted by Crippen LogP contribution is 2.31. The molecule has 3 nitrogen and oxygen atoms in total. The fourth-order valence-corrected chi connectivity index (χ4v) is 2.31. The van der Waals surface area contributed by atoms with Crippen molar-refractivity contribution < 1.29 is 4.79 Å². The van der Waals surface area contributed by atoms with Crippen molar-refractivity contribution in [2.45, 2.75) is 26.7 Å². The minimum atomic E-state index is -0.0177. The van der Waals surface area contributed by atoms with Gasteiger partial charge >= 0.3 is 0 Å². The van der Waals surface area contributed by atoms with E-state index in [1.807, 2.05) is 32.0 Å². The highest BCUT2D eigenvalue weighted by atomic mass is 35.5. The smallest absolute Gasteiger partial charge is 0.226 e.